The summed E-state index contributed by atoms with van der Waals surface area (Å²) in [4.78, 5) is 16.8. The van der Waals surface area contributed by atoms with E-state index < -0.39 is 5.91 Å². The van der Waals surface area contributed by atoms with Crippen molar-refractivity contribution >= 4 is 39.1 Å². The average molecular weight is 332 g/mol. The number of amides is 1. The van der Waals surface area contributed by atoms with Crippen molar-refractivity contribution in [2.75, 3.05) is 0 Å². The first-order valence-electron chi connectivity index (χ1n) is 6.33. The number of hydrogen-bond donors (Lipinski definition) is 0. The molecule has 3 aromatic rings. The van der Waals surface area contributed by atoms with Gasteiger partial charge < -0.3 is 9.09 Å². The van der Waals surface area contributed by atoms with Crippen LogP contribution < -0.4 is 4.80 Å². The van der Waals surface area contributed by atoms with Gasteiger partial charge in [-0.1, -0.05) is 34.0 Å². The quantitative estimate of drug-likeness (QED) is 0.678. The Morgan fingerprint density at radius 1 is 1.55 bits per heavy atom. The number of benzene rings is 1. The second kappa shape index (κ2) is 5.79. The molecule has 0 N–H and O–H groups in total. The fourth-order valence-corrected chi connectivity index (χ4v) is 3.29. The first kappa shape index (κ1) is 14.6. The Balaban J connectivity index is 2.17. The van der Waals surface area contributed by atoms with E-state index in [1.54, 1.807) is 23.6 Å². The molecule has 3 rings (SSSR count). The maximum Gasteiger partial charge on any atom is 0.301 e. The van der Waals surface area contributed by atoms with Crippen LogP contribution in [-0.2, 0) is 6.54 Å². The van der Waals surface area contributed by atoms with Crippen LogP contribution in [0.3, 0.4) is 0 Å². The van der Waals surface area contributed by atoms with Crippen LogP contribution in [0.4, 0.5) is 0 Å². The second-order valence-electron chi connectivity index (χ2n) is 4.53. The molecule has 0 radical (unpaired) electrons. The molecule has 7 heteroatoms. The third-order valence-electron chi connectivity index (χ3n) is 2.94. The summed E-state index contributed by atoms with van der Waals surface area (Å²) < 4.78 is 7.59. The van der Waals surface area contributed by atoms with E-state index in [0.717, 1.165) is 10.2 Å². The van der Waals surface area contributed by atoms with Crippen molar-refractivity contribution in [3.8, 4) is 12.3 Å². The molecule has 0 unspecified atom stereocenters. The predicted molar refractivity (Wildman–Crippen MR) is 84.8 cm³/mol. The smallest absolute Gasteiger partial charge is 0.301 e. The van der Waals surface area contributed by atoms with Gasteiger partial charge in [-0.3, -0.25) is 4.79 Å². The van der Waals surface area contributed by atoms with E-state index in [-0.39, 0.29) is 5.69 Å². The van der Waals surface area contributed by atoms with Crippen LogP contribution in [0.5, 0.6) is 0 Å². The molecule has 0 fully saturated rings. The van der Waals surface area contributed by atoms with Crippen molar-refractivity contribution in [3.63, 3.8) is 0 Å². The molecule has 110 valence electrons. The van der Waals surface area contributed by atoms with E-state index in [0.29, 0.717) is 22.1 Å². The minimum absolute atomic E-state index is 0.167. The summed E-state index contributed by atoms with van der Waals surface area (Å²) in [6.07, 6.45) is 5.41. The van der Waals surface area contributed by atoms with Gasteiger partial charge >= 0.3 is 5.91 Å². The van der Waals surface area contributed by atoms with Crippen LogP contribution >= 0.6 is 22.9 Å². The highest BCUT2D eigenvalue weighted by Gasteiger charge is 2.12. The Morgan fingerprint density at radius 3 is 3.05 bits per heavy atom. The van der Waals surface area contributed by atoms with Gasteiger partial charge in [0, 0.05) is 11.1 Å². The SMILES string of the molecule is C#CCn1c(=NC(=O)c2cc(C)on2)sc2cc(Cl)ccc21. The maximum atomic E-state index is 12.2. The first-order valence-corrected chi connectivity index (χ1v) is 7.52. The Hall–Kier alpha value is -2.36. The summed E-state index contributed by atoms with van der Waals surface area (Å²) in [6.45, 7) is 2.02. The van der Waals surface area contributed by atoms with E-state index in [9.17, 15) is 4.79 Å². The van der Waals surface area contributed by atoms with Gasteiger partial charge in [0.15, 0.2) is 10.5 Å². The molecular weight excluding hydrogens is 322 g/mol. The van der Waals surface area contributed by atoms with Crippen molar-refractivity contribution in [3.05, 3.63) is 45.5 Å². The number of terminal acetylenes is 1. The topological polar surface area (TPSA) is 60.4 Å². The molecule has 5 nitrogen and oxygen atoms in total. The molecule has 22 heavy (non-hydrogen) atoms. The zero-order valence-corrected chi connectivity index (χ0v) is 13.1. The van der Waals surface area contributed by atoms with Gasteiger partial charge in [0.2, 0.25) is 0 Å². The minimum Gasteiger partial charge on any atom is -0.361 e. The van der Waals surface area contributed by atoms with Crippen molar-refractivity contribution in [2.45, 2.75) is 13.5 Å². The Kier molecular flexibility index (Phi) is 3.84. The van der Waals surface area contributed by atoms with Crippen molar-refractivity contribution in [2.24, 2.45) is 4.99 Å². The molecule has 0 atom stereocenters. The monoisotopic (exact) mass is 331 g/mol. The fourth-order valence-electron chi connectivity index (χ4n) is 1.99. The van der Waals surface area contributed by atoms with Crippen LogP contribution in [0.2, 0.25) is 5.02 Å². The van der Waals surface area contributed by atoms with Crippen LogP contribution in [0.1, 0.15) is 16.2 Å². The zero-order valence-electron chi connectivity index (χ0n) is 11.5. The third-order valence-corrected chi connectivity index (χ3v) is 4.21. The molecule has 0 saturated carbocycles. The lowest BCUT2D eigenvalue weighted by molar-refractivity contribution is 0.0989. The lowest BCUT2D eigenvalue weighted by atomic mass is 10.3. The number of hydrogen-bond acceptors (Lipinski definition) is 4. The highest BCUT2D eigenvalue weighted by Crippen LogP contribution is 2.21. The standard InChI is InChI=1S/C15H10ClN3O2S/c1-3-6-19-12-5-4-10(16)8-13(12)22-15(19)17-14(20)11-7-9(2)21-18-11/h1,4-5,7-8H,6H2,2H3. The molecule has 0 bridgehead atoms. The van der Waals surface area contributed by atoms with Gasteiger partial charge in [-0.15, -0.1) is 6.42 Å². The van der Waals surface area contributed by atoms with Gasteiger partial charge in [0.05, 0.1) is 16.8 Å². The number of fused-ring (bicyclic) bond motifs is 1. The summed E-state index contributed by atoms with van der Waals surface area (Å²) >= 11 is 7.34. The summed E-state index contributed by atoms with van der Waals surface area (Å²) in [5.74, 6) is 2.65. The highest BCUT2D eigenvalue weighted by molar-refractivity contribution is 7.16. The van der Waals surface area contributed by atoms with Crippen LogP contribution in [0.25, 0.3) is 10.2 Å². The summed E-state index contributed by atoms with van der Waals surface area (Å²) in [7, 11) is 0. The summed E-state index contributed by atoms with van der Waals surface area (Å²) in [5.41, 5.74) is 1.05. The fraction of sp³-hybridized carbons (Fsp3) is 0.133. The zero-order chi connectivity index (χ0) is 15.7. The van der Waals surface area contributed by atoms with Gasteiger partial charge in [0.1, 0.15) is 5.76 Å². The molecule has 2 heterocycles. The maximum absolute atomic E-state index is 12.2. The number of aryl methyl sites for hydroxylation is 1. The minimum atomic E-state index is -0.472. The lowest BCUT2D eigenvalue weighted by Gasteiger charge is -1.99. The molecule has 0 aliphatic rings. The summed E-state index contributed by atoms with van der Waals surface area (Å²) in [6, 6.07) is 6.99. The van der Waals surface area contributed by atoms with Crippen molar-refractivity contribution in [1.29, 1.82) is 0 Å². The molecule has 0 saturated heterocycles. The largest absolute Gasteiger partial charge is 0.361 e. The molecule has 0 spiro atoms. The van der Waals surface area contributed by atoms with Gasteiger partial charge in [-0.2, -0.15) is 4.99 Å². The molecule has 0 aliphatic heterocycles. The number of halogens is 1. The Morgan fingerprint density at radius 2 is 2.36 bits per heavy atom. The van der Waals surface area contributed by atoms with E-state index in [1.165, 1.54) is 11.3 Å². The van der Waals surface area contributed by atoms with E-state index in [4.69, 9.17) is 22.5 Å². The summed E-state index contributed by atoms with van der Waals surface area (Å²) in [5, 5.41) is 4.29. The number of rotatable bonds is 2. The van der Waals surface area contributed by atoms with E-state index >= 15 is 0 Å². The van der Waals surface area contributed by atoms with Crippen LogP contribution in [0, 0.1) is 19.3 Å². The van der Waals surface area contributed by atoms with Gasteiger partial charge in [0.25, 0.3) is 0 Å². The van der Waals surface area contributed by atoms with Crippen molar-refractivity contribution < 1.29 is 9.32 Å². The Labute approximate surface area is 134 Å². The van der Waals surface area contributed by atoms with Gasteiger partial charge in [-0.05, 0) is 25.1 Å². The average Bonchev–Trinajstić information content (AvgIpc) is 3.04. The number of thiazole rings is 1. The number of carbonyl (C=O) groups is 1. The molecule has 1 aromatic carbocycles. The number of aromatic nitrogens is 2. The van der Waals surface area contributed by atoms with Crippen LogP contribution in [-0.4, -0.2) is 15.6 Å². The predicted octanol–water partition coefficient (Wildman–Crippen LogP) is 3.03. The van der Waals surface area contributed by atoms with E-state index in [2.05, 4.69) is 16.1 Å². The Bertz CT molecular complexity index is 975. The normalized spacial score (nSPS) is 11.8. The third kappa shape index (κ3) is 2.69. The lowest BCUT2D eigenvalue weighted by Crippen LogP contribution is -2.16. The van der Waals surface area contributed by atoms with Gasteiger partial charge in [-0.25, -0.2) is 0 Å². The van der Waals surface area contributed by atoms with Crippen molar-refractivity contribution in [1.82, 2.24) is 9.72 Å². The molecule has 0 aliphatic carbocycles. The second-order valence-corrected chi connectivity index (χ2v) is 5.97. The highest BCUT2D eigenvalue weighted by atomic mass is 35.5. The van der Waals surface area contributed by atoms with E-state index in [1.807, 2.05) is 12.1 Å². The molecular formula is C15H10ClN3O2S. The first-order chi connectivity index (χ1) is 10.6. The molecule has 2 aromatic heterocycles. The number of nitrogens with zero attached hydrogens (tertiary/aromatic N) is 3. The molecule has 1 amide bonds. The van der Waals surface area contributed by atoms with Crippen LogP contribution in [0.15, 0.2) is 33.8 Å². The number of carbonyl (C=O) groups excluding carboxylic acids is 1.